The summed E-state index contributed by atoms with van der Waals surface area (Å²) in [6.07, 6.45) is 0. The third kappa shape index (κ3) is 6.35. The molecular formula is C60H38N2O6S. The number of thiophene rings is 1. The zero-order chi connectivity index (χ0) is 46.3. The van der Waals surface area contributed by atoms with Crippen LogP contribution in [0.15, 0.2) is 179 Å². The molecule has 0 saturated carbocycles. The SMILES string of the molecule is CCOC(=O)c1ccccc1-c1ccc2c3ccc(-c4ccccc4C(=O)OCC)cc3c3nc4c(-c5cccc6c5oc5ccccc56)sc(-c5cccc6c5oc5ccccc56)c4nc3c2c1. The molecule has 0 radical (unpaired) electrons. The minimum Gasteiger partial charge on any atom is -0.462 e. The molecule has 4 heterocycles. The number of ether oxygens (including phenoxy) is 2. The maximum absolute atomic E-state index is 13.4. The average molecular weight is 915 g/mol. The van der Waals surface area contributed by atoms with Crippen LogP contribution >= 0.6 is 11.3 Å². The summed E-state index contributed by atoms with van der Waals surface area (Å²) in [5, 5.41) is 7.73. The van der Waals surface area contributed by atoms with Crippen LogP contribution in [-0.2, 0) is 9.47 Å². The number of fused-ring (bicyclic) bond motifs is 13. The van der Waals surface area contributed by atoms with E-state index >= 15 is 0 Å². The minimum absolute atomic E-state index is 0.261. The number of benzene rings is 9. The number of carbonyl (C=O) groups excluding carboxylic acids is 2. The molecular weight excluding hydrogens is 877 g/mol. The highest BCUT2D eigenvalue weighted by molar-refractivity contribution is 7.21. The average Bonchev–Trinajstić information content (AvgIpc) is 4.10. The Morgan fingerprint density at radius 1 is 0.420 bits per heavy atom. The third-order valence-corrected chi connectivity index (χ3v) is 14.4. The molecule has 13 rings (SSSR count). The molecule has 0 atom stereocenters. The van der Waals surface area contributed by atoms with E-state index in [4.69, 9.17) is 28.3 Å². The number of rotatable bonds is 8. The van der Waals surface area contributed by atoms with Crippen LogP contribution in [0.1, 0.15) is 34.6 Å². The highest BCUT2D eigenvalue weighted by Gasteiger charge is 2.26. The third-order valence-electron chi connectivity index (χ3n) is 13.1. The number of carbonyl (C=O) groups is 2. The van der Waals surface area contributed by atoms with Crippen LogP contribution in [0.3, 0.4) is 0 Å². The first-order chi connectivity index (χ1) is 34.0. The van der Waals surface area contributed by atoms with Gasteiger partial charge in [0, 0.05) is 43.4 Å². The molecule has 9 heteroatoms. The van der Waals surface area contributed by atoms with Gasteiger partial charge in [-0.1, -0.05) is 121 Å². The topological polar surface area (TPSA) is 105 Å². The summed E-state index contributed by atoms with van der Waals surface area (Å²) >= 11 is 1.62. The molecule has 0 spiro atoms. The second-order valence-corrected chi connectivity index (χ2v) is 18.0. The zero-order valence-corrected chi connectivity index (χ0v) is 38.1. The van der Waals surface area contributed by atoms with Crippen LogP contribution < -0.4 is 0 Å². The molecule has 4 aromatic heterocycles. The first kappa shape index (κ1) is 40.6. The molecule has 8 nitrogen and oxygen atoms in total. The number of hydrogen-bond acceptors (Lipinski definition) is 9. The number of hydrogen-bond donors (Lipinski definition) is 0. The van der Waals surface area contributed by atoms with Crippen LogP contribution in [0.25, 0.3) is 131 Å². The van der Waals surface area contributed by atoms with Crippen LogP contribution in [0, 0.1) is 0 Å². The Labute approximate surface area is 398 Å². The molecule has 0 aliphatic heterocycles. The number of para-hydroxylation sites is 4. The van der Waals surface area contributed by atoms with Gasteiger partial charge in [-0.15, -0.1) is 11.3 Å². The van der Waals surface area contributed by atoms with Crippen LogP contribution in [-0.4, -0.2) is 35.1 Å². The summed E-state index contributed by atoms with van der Waals surface area (Å²) in [6, 6.07) is 56.4. The Kier molecular flexibility index (Phi) is 9.42. The lowest BCUT2D eigenvalue weighted by Gasteiger charge is -2.15. The first-order valence-corrected chi connectivity index (χ1v) is 23.8. The predicted molar refractivity (Wildman–Crippen MR) is 278 cm³/mol. The van der Waals surface area contributed by atoms with Gasteiger partial charge in [0.2, 0.25) is 0 Å². The van der Waals surface area contributed by atoms with E-state index in [1.54, 1.807) is 23.5 Å². The van der Waals surface area contributed by atoms with Crippen molar-refractivity contribution < 1.29 is 27.9 Å². The van der Waals surface area contributed by atoms with Crippen LogP contribution in [0.2, 0.25) is 0 Å². The predicted octanol–water partition coefficient (Wildman–Crippen LogP) is 16.0. The standard InChI is InChI=1S/C60H38N2O6S/c1-3-65-59(63)43-19-7-5-15-35(43)33-27-29-37-38-30-28-34(36-16-6-8-20-44(36)60(64)66-4-2)32-48(38)52-51(47(37)31-33)61-53-54(62-52)58(46-24-14-22-42-40-18-10-12-26-50(40)68-56(42)46)69-57(53)45-23-13-21-41-39-17-9-11-25-49(39)67-55(41)45/h5-32H,3-4H2,1-2H3. The summed E-state index contributed by atoms with van der Waals surface area (Å²) in [6.45, 7) is 4.14. The Hall–Kier alpha value is -8.66. The number of furan rings is 2. The Morgan fingerprint density at radius 3 is 1.29 bits per heavy atom. The lowest BCUT2D eigenvalue weighted by molar-refractivity contribution is 0.0517. The molecule has 13 aromatic rings. The maximum Gasteiger partial charge on any atom is 0.338 e. The quantitative estimate of drug-likeness (QED) is 0.110. The van der Waals surface area contributed by atoms with Gasteiger partial charge < -0.3 is 18.3 Å². The molecule has 0 aliphatic rings. The lowest BCUT2D eigenvalue weighted by atomic mass is 9.91. The maximum atomic E-state index is 13.4. The highest BCUT2D eigenvalue weighted by atomic mass is 32.1. The molecule has 0 amide bonds. The summed E-state index contributed by atoms with van der Waals surface area (Å²) in [5.41, 5.74) is 11.9. The first-order valence-electron chi connectivity index (χ1n) is 23.0. The van der Waals surface area contributed by atoms with Crippen molar-refractivity contribution in [2.24, 2.45) is 0 Å². The Bertz CT molecular complexity index is 4020. The monoisotopic (exact) mass is 914 g/mol. The van der Waals surface area contributed by atoms with E-state index in [0.717, 1.165) is 109 Å². The fraction of sp³-hybridized carbons (Fsp3) is 0.0667. The summed E-state index contributed by atoms with van der Waals surface area (Å²) < 4.78 is 24.5. The van der Waals surface area contributed by atoms with Crippen molar-refractivity contribution in [2.45, 2.75) is 13.8 Å². The summed E-state index contributed by atoms with van der Waals surface area (Å²) in [5.74, 6) is -0.772. The van der Waals surface area contributed by atoms with Gasteiger partial charge in [-0.25, -0.2) is 19.6 Å². The van der Waals surface area contributed by atoms with Crippen molar-refractivity contribution in [3.8, 4) is 43.1 Å². The molecule has 0 unspecified atom stereocenters. The van der Waals surface area contributed by atoms with Crippen molar-refractivity contribution in [3.63, 3.8) is 0 Å². The van der Waals surface area contributed by atoms with Crippen molar-refractivity contribution in [1.29, 1.82) is 0 Å². The van der Waals surface area contributed by atoms with E-state index in [1.165, 1.54) is 0 Å². The van der Waals surface area contributed by atoms with Crippen LogP contribution in [0.4, 0.5) is 0 Å². The largest absolute Gasteiger partial charge is 0.462 e. The number of nitrogens with zero attached hydrogens (tertiary/aromatic N) is 2. The Balaban J connectivity index is 1.17. The van der Waals surface area contributed by atoms with Gasteiger partial charge in [0.15, 0.2) is 0 Å². The highest BCUT2D eigenvalue weighted by Crippen LogP contribution is 2.50. The van der Waals surface area contributed by atoms with Gasteiger partial charge in [-0.2, -0.15) is 0 Å². The molecule has 0 fully saturated rings. The second kappa shape index (κ2) is 16.0. The van der Waals surface area contributed by atoms with Gasteiger partial charge >= 0.3 is 11.9 Å². The molecule has 0 aliphatic carbocycles. The van der Waals surface area contributed by atoms with Crippen molar-refractivity contribution in [1.82, 2.24) is 9.97 Å². The Morgan fingerprint density at radius 2 is 0.826 bits per heavy atom. The van der Waals surface area contributed by atoms with Gasteiger partial charge in [0.05, 0.1) is 45.1 Å². The molecule has 0 saturated heterocycles. The zero-order valence-electron chi connectivity index (χ0n) is 37.3. The lowest BCUT2D eigenvalue weighted by Crippen LogP contribution is -2.06. The number of aromatic nitrogens is 2. The van der Waals surface area contributed by atoms with Gasteiger partial charge in [-0.05, 0) is 95.4 Å². The van der Waals surface area contributed by atoms with Crippen molar-refractivity contribution in [3.05, 3.63) is 181 Å². The van der Waals surface area contributed by atoms with E-state index in [9.17, 15) is 9.59 Å². The van der Waals surface area contributed by atoms with Crippen molar-refractivity contribution >= 4 is 111 Å². The van der Waals surface area contributed by atoms with E-state index < -0.39 is 0 Å². The molecule has 0 N–H and O–H groups in total. The normalized spacial score (nSPS) is 11.9. The van der Waals surface area contributed by atoms with Gasteiger partial charge in [0.1, 0.15) is 33.4 Å². The van der Waals surface area contributed by atoms with E-state index in [1.807, 2.05) is 98.8 Å². The van der Waals surface area contributed by atoms with Gasteiger partial charge in [0.25, 0.3) is 0 Å². The van der Waals surface area contributed by atoms with E-state index in [0.29, 0.717) is 33.2 Å². The minimum atomic E-state index is -0.386. The van der Waals surface area contributed by atoms with E-state index in [2.05, 4.69) is 72.8 Å². The molecule has 69 heavy (non-hydrogen) atoms. The second-order valence-electron chi connectivity index (χ2n) is 17.0. The summed E-state index contributed by atoms with van der Waals surface area (Å²) in [4.78, 5) is 40.1. The smallest absolute Gasteiger partial charge is 0.338 e. The molecule has 330 valence electrons. The van der Waals surface area contributed by atoms with E-state index in [-0.39, 0.29) is 25.2 Å². The summed E-state index contributed by atoms with van der Waals surface area (Å²) in [7, 11) is 0. The van der Waals surface area contributed by atoms with Crippen molar-refractivity contribution in [2.75, 3.05) is 13.2 Å². The fourth-order valence-corrected chi connectivity index (χ4v) is 11.3. The van der Waals surface area contributed by atoms with Gasteiger partial charge in [-0.3, -0.25) is 0 Å². The molecule has 0 bridgehead atoms. The fourth-order valence-electron chi connectivity index (χ4n) is 10.1. The molecule has 9 aromatic carbocycles. The van der Waals surface area contributed by atoms with Crippen LogP contribution in [0.5, 0.6) is 0 Å². The number of esters is 2.